The zero-order valence-electron chi connectivity index (χ0n) is 32.1. The Balaban J connectivity index is 0.00000249. The first-order valence-corrected chi connectivity index (χ1v) is 22.8. The Morgan fingerprint density at radius 3 is 1.33 bits per heavy atom. The van der Waals surface area contributed by atoms with E-state index in [0.717, 1.165) is 6.42 Å². The minimum Gasteiger partial charge on any atom is -1.00 e. The summed E-state index contributed by atoms with van der Waals surface area (Å²) in [5.74, 6) is 0. The second-order valence-corrected chi connectivity index (χ2v) is 22.5. The number of allylic oxidation sites excluding steroid dienone is 4. The maximum atomic E-state index is 2.75. The van der Waals surface area contributed by atoms with Crippen LogP contribution in [-0.2, 0) is 32.1 Å². The van der Waals surface area contributed by atoms with Gasteiger partial charge in [0.05, 0.1) is 0 Å². The molecular formula is C51H48Cl2Zr. The molecule has 2 aliphatic rings. The Morgan fingerprint density at radius 2 is 0.926 bits per heavy atom. The smallest absolute Gasteiger partial charge is 1.00 e. The average molecular weight is 823 g/mol. The van der Waals surface area contributed by atoms with E-state index in [2.05, 4.69) is 203 Å². The van der Waals surface area contributed by atoms with Crippen LogP contribution in [0.1, 0.15) is 79.4 Å². The summed E-state index contributed by atoms with van der Waals surface area (Å²) < 4.78 is 4.78. The molecule has 0 aliphatic heterocycles. The van der Waals surface area contributed by atoms with Crippen LogP contribution in [0.4, 0.5) is 0 Å². The van der Waals surface area contributed by atoms with Gasteiger partial charge in [0.1, 0.15) is 0 Å². The van der Waals surface area contributed by atoms with E-state index in [1.54, 1.807) is 3.28 Å². The van der Waals surface area contributed by atoms with Gasteiger partial charge in [0.25, 0.3) is 0 Å². The van der Waals surface area contributed by atoms with Gasteiger partial charge in [-0.15, -0.1) is 0 Å². The standard InChI is InChI=1S/C33H33.C13H10.C5H5.2ClH.Zr/c1-32(2,3)30-20-26-24(18-28(30)22-13-9-7-10-14-22)17-25-19-29(23-15-11-8-12-16-23)31(21-27(25)26)33(4,5)6;1-11-7-9-13(10-8-11)12-5-3-2-4-6-12;1-2-4-5-3-1;;;/h7-21H,1-6H3;1-10H;1-3H,4H2;2*1H;/q;;;;;+2/p-2. The molecule has 6 aromatic rings. The van der Waals surface area contributed by atoms with Gasteiger partial charge in [-0.1, -0.05) is 0 Å². The third-order valence-corrected chi connectivity index (χ3v) is 18.2. The van der Waals surface area contributed by atoms with Crippen molar-refractivity contribution in [3.8, 4) is 44.5 Å². The Bertz CT molecular complexity index is 2250. The maximum absolute atomic E-state index is 2.75. The van der Waals surface area contributed by atoms with Gasteiger partial charge in [-0.3, -0.25) is 0 Å². The number of fused-ring (bicyclic) bond motifs is 3. The van der Waals surface area contributed by atoms with Crippen LogP contribution in [0, 0.1) is 0 Å². The summed E-state index contributed by atoms with van der Waals surface area (Å²) in [6.45, 7) is 14.2. The van der Waals surface area contributed by atoms with Crippen molar-refractivity contribution in [2.75, 3.05) is 0 Å². The number of hydrogen-bond acceptors (Lipinski definition) is 0. The monoisotopic (exact) mass is 820 g/mol. The van der Waals surface area contributed by atoms with E-state index < -0.39 is 21.3 Å². The van der Waals surface area contributed by atoms with Gasteiger partial charge < -0.3 is 24.8 Å². The van der Waals surface area contributed by atoms with E-state index in [4.69, 9.17) is 0 Å². The molecule has 0 saturated carbocycles. The normalized spacial score (nSPS) is 13.5. The largest absolute Gasteiger partial charge is 1.00 e. The Labute approximate surface area is 343 Å². The van der Waals surface area contributed by atoms with Crippen LogP contribution in [-0.4, -0.2) is 3.71 Å². The van der Waals surface area contributed by atoms with Crippen LogP contribution < -0.4 is 24.8 Å². The summed E-state index contributed by atoms with van der Waals surface area (Å²) in [7, 11) is 0. The topological polar surface area (TPSA) is 0 Å². The molecule has 0 atom stereocenters. The first-order chi connectivity index (χ1) is 25.1. The van der Waals surface area contributed by atoms with Gasteiger partial charge in [0.15, 0.2) is 0 Å². The average Bonchev–Trinajstić information content (AvgIpc) is 3.80. The SMILES string of the molecule is CC(C)(C)c1cc2c(cc1-c1ccccc1)[CH](/[Zr+2](=[CH]/c1ccc(-c3ccccc3)cc1)[C]1=CC=CC1)c1cc(-c3ccccc3)c(C(C)(C)C)cc1-2.[Cl-].[Cl-]. The zero-order valence-corrected chi connectivity index (χ0v) is 36.1. The summed E-state index contributed by atoms with van der Waals surface area (Å²) in [6, 6.07) is 52.7. The molecule has 8 rings (SSSR count). The molecule has 270 valence electrons. The van der Waals surface area contributed by atoms with E-state index in [1.807, 2.05) is 0 Å². The van der Waals surface area contributed by atoms with Gasteiger partial charge in [-0.05, 0) is 0 Å². The van der Waals surface area contributed by atoms with Gasteiger partial charge in [-0.25, -0.2) is 0 Å². The summed E-state index contributed by atoms with van der Waals surface area (Å²) in [5.41, 5.74) is 18.0. The molecular weight excluding hydrogens is 775 g/mol. The molecule has 0 amide bonds. The van der Waals surface area contributed by atoms with E-state index >= 15 is 0 Å². The number of rotatable bonds is 6. The predicted molar refractivity (Wildman–Crippen MR) is 221 cm³/mol. The Morgan fingerprint density at radius 1 is 0.500 bits per heavy atom. The van der Waals surface area contributed by atoms with Crippen LogP contribution in [0.15, 0.2) is 161 Å². The van der Waals surface area contributed by atoms with Crippen LogP contribution in [0.5, 0.6) is 0 Å². The third kappa shape index (κ3) is 7.79. The van der Waals surface area contributed by atoms with Gasteiger partial charge in [-0.2, -0.15) is 0 Å². The summed E-state index contributed by atoms with van der Waals surface area (Å²) >= 11 is -2.63. The van der Waals surface area contributed by atoms with Crippen LogP contribution >= 0.6 is 0 Å². The minimum absolute atomic E-state index is 0. The van der Waals surface area contributed by atoms with Crippen molar-refractivity contribution in [2.45, 2.75) is 62.4 Å². The fourth-order valence-electron chi connectivity index (χ4n) is 8.24. The van der Waals surface area contributed by atoms with Crippen molar-refractivity contribution in [3.63, 3.8) is 0 Å². The third-order valence-electron chi connectivity index (χ3n) is 10.9. The summed E-state index contributed by atoms with van der Waals surface area (Å²) in [6.07, 6.45) is 8.20. The van der Waals surface area contributed by atoms with Crippen LogP contribution in [0.3, 0.4) is 0 Å². The second-order valence-electron chi connectivity index (χ2n) is 16.5. The van der Waals surface area contributed by atoms with Crippen molar-refractivity contribution < 1.29 is 46.1 Å². The Hall–Kier alpha value is -3.87. The molecule has 0 unspecified atom stereocenters. The molecule has 0 aromatic heterocycles. The molecule has 0 N–H and O–H groups in total. The molecule has 0 heterocycles. The first kappa shape index (κ1) is 39.8. The van der Waals surface area contributed by atoms with Gasteiger partial charge in [0.2, 0.25) is 0 Å². The molecule has 0 saturated heterocycles. The Kier molecular flexibility index (Phi) is 11.9. The molecule has 0 spiro atoms. The molecule has 0 radical (unpaired) electrons. The molecule has 2 aliphatic carbocycles. The van der Waals surface area contributed by atoms with Crippen LogP contribution in [0.2, 0.25) is 0 Å². The van der Waals surface area contributed by atoms with Crippen molar-refractivity contribution in [2.24, 2.45) is 0 Å². The van der Waals surface area contributed by atoms with E-state index in [9.17, 15) is 0 Å². The van der Waals surface area contributed by atoms with E-state index in [1.165, 1.54) is 72.3 Å². The maximum Gasteiger partial charge on any atom is -1.00 e. The van der Waals surface area contributed by atoms with Crippen LogP contribution in [0.25, 0.3) is 44.5 Å². The quantitative estimate of drug-likeness (QED) is 0.162. The predicted octanol–water partition coefficient (Wildman–Crippen LogP) is 7.67. The van der Waals surface area contributed by atoms with Crippen molar-refractivity contribution in [3.05, 3.63) is 189 Å². The molecule has 0 fully saturated rings. The van der Waals surface area contributed by atoms with E-state index in [-0.39, 0.29) is 35.6 Å². The number of hydrogen-bond donors (Lipinski definition) is 0. The molecule has 6 aromatic carbocycles. The fourth-order valence-corrected chi connectivity index (χ4v) is 15.8. The molecule has 3 heteroatoms. The molecule has 0 nitrogen and oxygen atoms in total. The second kappa shape index (κ2) is 16.1. The number of halogens is 2. The van der Waals surface area contributed by atoms with Crippen molar-refractivity contribution in [1.29, 1.82) is 0 Å². The molecule has 0 bridgehead atoms. The minimum atomic E-state index is -2.63. The summed E-state index contributed by atoms with van der Waals surface area (Å²) in [4.78, 5) is 0. The van der Waals surface area contributed by atoms with Crippen molar-refractivity contribution in [1.82, 2.24) is 0 Å². The fraction of sp³-hybridized carbons (Fsp3) is 0.196. The molecule has 54 heavy (non-hydrogen) atoms. The summed E-state index contributed by atoms with van der Waals surface area (Å²) in [5, 5.41) is 0. The first-order valence-electron chi connectivity index (χ1n) is 18.8. The zero-order chi connectivity index (χ0) is 36.0. The van der Waals surface area contributed by atoms with Gasteiger partial charge in [0, 0.05) is 0 Å². The van der Waals surface area contributed by atoms with Crippen molar-refractivity contribution >= 4 is 3.71 Å². The number of benzene rings is 6. The van der Waals surface area contributed by atoms with Gasteiger partial charge >= 0.3 is 321 Å². The van der Waals surface area contributed by atoms with E-state index in [0.29, 0.717) is 3.63 Å².